The van der Waals surface area contributed by atoms with Gasteiger partial charge in [0.15, 0.2) is 5.69 Å². The molecule has 2 aromatic heterocycles. The third kappa shape index (κ3) is 2.31. The third-order valence-electron chi connectivity index (χ3n) is 3.64. The van der Waals surface area contributed by atoms with Crippen molar-refractivity contribution in [3.05, 3.63) is 30.1 Å². The molecule has 7 nitrogen and oxygen atoms in total. The second kappa shape index (κ2) is 5.44. The molecule has 106 valence electrons. The average Bonchev–Trinajstić information content (AvgIpc) is 3.17. The fourth-order valence-corrected chi connectivity index (χ4v) is 2.61. The van der Waals surface area contributed by atoms with Gasteiger partial charge in [-0.25, -0.2) is 4.98 Å². The maximum absolute atomic E-state index is 12.6. The van der Waals surface area contributed by atoms with Gasteiger partial charge in [0, 0.05) is 18.9 Å². The highest BCUT2D eigenvalue weighted by molar-refractivity contribution is 5.92. The molecule has 1 unspecified atom stereocenters. The van der Waals surface area contributed by atoms with E-state index in [1.165, 1.54) is 4.80 Å². The highest BCUT2D eigenvalue weighted by Gasteiger charge is 2.31. The van der Waals surface area contributed by atoms with Crippen LogP contribution in [0.25, 0.3) is 0 Å². The molecular weight excluding hydrogens is 256 g/mol. The van der Waals surface area contributed by atoms with Crippen molar-refractivity contribution >= 4 is 5.91 Å². The number of likely N-dealkylation sites (tertiary alicyclic amines) is 1. The molecule has 1 saturated heterocycles. The molecule has 0 bridgehead atoms. The van der Waals surface area contributed by atoms with E-state index in [2.05, 4.69) is 20.2 Å². The van der Waals surface area contributed by atoms with Gasteiger partial charge in [-0.05, 0) is 26.2 Å². The Bertz CT molecular complexity index is 575. The molecule has 3 rings (SSSR count). The van der Waals surface area contributed by atoms with E-state index in [1.807, 2.05) is 11.8 Å². The van der Waals surface area contributed by atoms with Crippen LogP contribution in [0.3, 0.4) is 0 Å². The van der Waals surface area contributed by atoms with E-state index in [1.54, 1.807) is 18.6 Å². The molecule has 1 amide bonds. The Morgan fingerprint density at radius 2 is 2.40 bits per heavy atom. The van der Waals surface area contributed by atoms with Crippen molar-refractivity contribution in [2.45, 2.75) is 38.8 Å². The molecule has 1 atom stereocenters. The maximum atomic E-state index is 12.6. The zero-order valence-corrected chi connectivity index (χ0v) is 11.5. The molecule has 3 heterocycles. The summed E-state index contributed by atoms with van der Waals surface area (Å²) in [6.07, 6.45) is 8.11. The minimum atomic E-state index is -0.0641. The number of imidazole rings is 1. The number of hydrogen-bond acceptors (Lipinski definition) is 4. The maximum Gasteiger partial charge on any atom is 0.276 e. The molecule has 20 heavy (non-hydrogen) atoms. The monoisotopic (exact) mass is 274 g/mol. The summed E-state index contributed by atoms with van der Waals surface area (Å²) in [6, 6.07) is 0.0121. The first kappa shape index (κ1) is 12.8. The zero-order chi connectivity index (χ0) is 13.9. The van der Waals surface area contributed by atoms with Crippen LogP contribution >= 0.6 is 0 Å². The van der Waals surface area contributed by atoms with Crippen LogP contribution in [0.4, 0.5) is 0 Å². The summed E-state index contributed by atoms with van der Waals surface area (Å²) in [5.41, 5.74) is 0.408. The first-order valence-corrected chi connectivity index (χ1v) is 7.00. The quantitative estimate of drug-likeness (QED) is 0.917. The molecular formula is C13H18N6O. The van der Waals surface area contributed by atoms with E-state index in [0.717, 1.165) is 31.6 Å². The fraction of sp³-hybridized carbons (Fsp3) is 0.538. The van der Waals surface area contributed by atoms with E-state index < -0.39 is 0 Å². The van der Waals surface area contributed by atoms with Gasteiger partial charge in [0.25, 0.3) is 5.91 Å². The van der Waals surface area contributed by atoms with Gasteiger partial charge in [-0.3, -0.25) is 4.79 Å². The lowest BCUT2D eigenvalue weighted by Crippen LogP contribution is -2.39. The van der Waals surface area contributed by atoms with Crippen molar-refractivity contribution in [2.75, 3.05) is 6.54 Å². The molecule has 0 aliphatic carbocycles. The summed E-state index contributed by atoms with van der Waals surface area (Å²) in [4.78, 5) is 23.4. The molecule has 1 N–H and O–H groups in total. The second-order valence-electron chi connectivity index (χ2n) is 4.90. The van der Waals surface area contributed by atoms with Crippen molar-refractivity contribution in [1.82, 2.24) is 29.9 Å². The molecule has 1 aliphatic heterocycles. The molecule has 0 saturated carbocycles. The number of aryl methyl sites for hydroxylation is 1. The van der Waals surface area contributed by atoms with Crippen LogP contribution in [0.15, 0.2) is 18.6 Å². The number of rotatable bonds is 3. The Balaban J connectivity index is 1.84. The van der Waals surface area contributed by atoms with Crippen LogP contribution in [0.1, 0.15) is 48.5 Å². The van der Waals surface area contributed by atoms with Crippen LogP contribution in [0, 0.1) is 0 Å². The number of hydrogen-bond donors (Lipinski definition) is 1. The number of carbonyl (C=O) groups is 1. The summed E-state index contributed by atoms with van der Waals surface area (Å²) in [6.45, 7) is 3.35. The number of aromatic nitrogens is 5. The van der Waals surface area contributed by atoms with Gasteiger partial charge in [0.1, 0.15) is 5.82 Å². The summed E-state index contributed by atoms with van der Waals surface area (Å²) >= 11 is 0. The minimum absolute atomic E-state index is 0.0121. The van der Waals surface area contributed by atoms with Crippen LogP contribution in [-0.4, -0.2) is 42.3 Å². The van der Waals surface area contributed by atoms with Crippen molar-refractivity contribution in [3.8, 4) is 0 Å². The summed E-state index contributed by atoms with van der Waals surface area (Å²) in [5.74, 6) is 0.784. The Morgan fingerprint density at radius 3 is 3.10 bits per heavy atom. The topological polar surface area (TPSA) is 79.7 Å². The highest BCUT2D eigenvalue weighted by Crippen LogP contribution is 2.29. The lowest BCUT2D eigenvalue weighted by molar-refractivity contribution is 0.0594. The summed E-state index contributed by atoms with van der Waals surface area (Å²) < 4.78 is 0. The Labute approximate surface area is 117 Å². The molecule has 1 aliphatic rings. The van der Waals surface area contributed by atoms with Gasteiger partial charge >= 0.3 is 0 Å². The lowest BCUT2D eigenvalue weighted by Gasteiger charge is -2.33. The molecule has 0 aromatic carbocycles. The van der Waals surface area contributed by atoms with E-state index in [9.17, 15) is 4.79 Å². The van der Waals surface area contributed by atoms with Gasteiger partial charge in [-0.1, -0.05) is 0 Å². The van der Waals surface area contributed by atoms with Gasteiger partial charge in [-0.15, -0.1) is 5.10 Å². The predicted octanol–water partition coefficient (Wildman–Crippen LogP) is 1.39. The van der Waals surface area contributed by atoms with Crippen LogP contribution in [0.2, 0.25) is 0 Å². The van der Waals surface area contributed by atoms with Crippen molar-refractivity contribution in [1.29, 1.82) is 0 Å². The summed E-state index contributed by atoms with van der Waals surface area (Å²) in [5, 5.41) is 8.28. The van der Waals surface area contributed by atoms with Crippen LogP contribution in [0.5, 0.6) is 0 Å². The Kier molecular flexibility index (Phi) is 3.49. The fourth-order valence-electron chi connectivity index (χ4n) is 2.61. The van der Waals surface area contributed by atoms with Gasteiger partial charge in [-0.2, -0.15) is 9.90 Å². The van der Waals surface area contributed by atoms with Crippen LogP contribution in [-0.2, 0) is 6.54 Å². The van der Waals surface area contributed by atoms with E-state index >= 15 is 0 Å². The van der Waals surface area contributed by atoms with E-state index in [4.69, 9.17) is 0 Å². The number of nitrogens with one attached hydrogen (secondary N) is 1. The molecule has 2 aromatic rings. The molecule has 7 heteroatoms. The molecule has 0 radical (unpaired) electrons. The zero-order valence-electron chi connectivity index (χ0n) is 11.5. The Hall–Kier alpha value is -2.18. The van der Waals surface area contributed by atoms with Gasteiger partial charge < -0.3 is 9.88 Å². The van der Waals surface area contributed by atoms with Crippen molar-refractivity contribution in [2.24, 2.45) is 0 Å². The van der Waals surface area contributed by atoms with Crippen molar-refractivity contribution in [3.63, 3.8) is 0 Å². The first-order chi connectivity index (χ1) is 9.79. The highest BCUT2D eigenvalue weighted by atomic mass is 16.2. The largest absolute Gasteiger partial charge is 0.347 e. The van der Waals surface area contributed by atoms with Gasteiger partial charge in [0.05, 0.1) is 18.8 Å². The number of carbonyl (C=O) groups excluding carboxylic acids is 1. The number of nitrogens with zero attached hydrogens (tertiary/aromatic N) is 5. The third-order valence-corrected chi connectivity index (χ3v) is 3.64. The van der Waals surface area contributed by atoms with Crippen molar-refractivity contribution < 1.29 is 4.79 Å². The number of piperidine rings is 1. The summed E-state index contributed by atoms with van der Waals surface area (Å²) in [7, 11) is 0. The van der Waals surface area contributed by atoms with E-state index in [0.29, 0.717) is 12.2 Å². The molecule has 1 fully saturated rings. The lowest BCUT2D eigenvalue weighted by atomic mass is 10.0. The SMILES string of the molecule is CCn1ncc(C(=O)N2CCCCC2c2ncc[nH]2)n1. The average molecular weight is 274 g/mol. The number of aromatic amines is 1. The smallest absolute Gasteiger partial charge is 0.276 e. The Morgan fingerprint density at radius 1 is 1.50 bits per heavy atom. The number of H-pyrrole nitrogens is 1. The standard InChI is InChI=1S/C13H18N6O/c1-2-19-16-9-10(17-19)13(20)18-8-4-3-5-11(18)12-14-6-7-15-12/h6-7,9,11H,2-5,8H2,1H3,(H,14,15). The van der Waals surface area contributed by atoms with E-state index in [-0.39, 0.29) is 11.9 Å². The predicted molar refractivity (Wildman–Crippen MR) is 71.9 cm³/mol. The number of amides is 1. The first-order valence-electron chi connectivity index (χ1n) is 7.00. The normalized spacial score (nSPS) is 19.2. The van der Waals surface area contributed by atoms with Crippen LogP contribution < -0.4 is 0 Å². The minimum Gasteiger partial charge on any atom is -0.347 e. The van der Waals surface area contributed by atoms with Gasteiger partial charge in [0.2, 0.25) is 0 Å². The second-order valence-corrected chi connectivity index (χ2v) is 4.90. The molecule has 0 spiro atoms.